The van der Waals surface area contributed by atoms with E-state index in [9.17, 15) is 9.18 Å². The Morgan fingerprint density at radius 1 is 1.10 bits per heavy atom. The van der Waals surface area contributed by atoms with E-state index in [0.717, 1.165) is 0 Å². The molecule has 2 rings (SSSR count). The minimum absolute atomic E-state index is 0.105. The van der Waals surface area contributed by atoms with Gasteiger partial charge >= 0.3 is 0 Å². The lowest BCUT2D eigenvalue weighted by molar-refractivity contribution is 0.0961. The molecule has 0 saturated carbocycles. The molecular formula is C16H15FO3. The highest BCUT2D eigenvalue weighted by molar-refractivity contribution is 5.96. The summed E-state index contributed by atoms with van der Waals surface area (Å²) >= 11 is 0. The average molecular weight is 274 g/mol. The second-order valence-electron chi connectivity index (χ2n) is 4.29. The Balaban J connectivity index is 1.89. The van der Waals surface area contributed by atoms with Gasteiger partial charge in [0, 0.05) is 17.5 Å². The first kappa shape index (κ1) is 14.2. The van der Waals surface area contributed by atoms with Gasteiger partial charge in [-0.25, -0.2) is 4.39 Å². The highest BCUT2D eigenvalue weighted by atomic mass is 19.1. The number of para-hydroxylation sites is 1. The monoisotopic (exact) mass is 274 g/mol. The third-order valence-corrected chi connectivity index (χ3v) is 2.90. The number of aliphatic hydroxyl groups excluding tert-OH is 1. The lowest BCUT2D eigenvalue weighted by atomic mass is 10.1. The number of Topliss-reactive ketones (excluding diaryl/α,β-unsaturated/α-hetero) is 1. The van der Waals surface area contributed by atoms with Gasteiger partial charge in [0.15, 0.2) is 5.78 Å². The Morgan fingerprint density at radius 2 is 1.80 bits per heavy atom. The van der Waals surface area contributed by atoms with Crippen LogP contribution in [0.15, 0.2) is 48.5 Å². The van der Waals surface area contributed by atoms with Gasteiger partial charge in [0.2, 0.25) is 0 Å². The summed E-state index contributed by atoms with van der Waals surface area (Å²) in [7, 11) is 0. The van der Waals surface area contributed by atoms with Gasteiger partial charge in [-0.1, -0.05) is 18.2 Å². The van der Waals surface area contributed by atoms with E-state index >= 15 is 0 Å². The maximum atomic E-state index is 12.7. The fourth-order valence-electron chi connectivity index (χ4n) is 1.81. The second kappa shape index (κ2) is 6.82. The Hall–Kier alpha value is -2.20. The number of aliphatic hydroxyl groups is 1. The van der Waals surface area contributed by atoms with E-state index in [1.807, 2.05) is 6.07 Å². The average Bonchev–Trinajstić information content (AvgIpc) is 2.48. The minimum atomic E-state index is -0.366. The minimum Gasteiger partial charge on any atom is -0.493 e. The molecule has 0 heterocycles. The van der Waals surface area contributed by atoms with Crippen molar-refractivity contribution in [1.29, 1.82) is 0 Å². The summed E-state index contributed by atoms with van der Waals surface area (Å²) in [5.41, 5.74) is 1.15. The molecule has 1 N–H and O–H groups in total. The van der Waals surface area contributed by atoms with Crippen molar-refractivity contribution < 1.29 is 19.0 Å². The van der Waals surface area contributed by atoms with Gasteiger partial charge in [0.1, 0.15) is 11.6 Å². The second-order valence-corrected chi connectivity index (χ2v) is 4.29. The third kappa shape index (κ3) is 3.65. The zero-order valence-electron chi connectivity index (χ0n) is 10.9. The highest BCUT2D eigenvalue weighted by Crippen LogP contribution is 2.18. The van der Waals surface area contributed by atoms with E-state index in [1.54, 1.807) is 18.2 Å². The smallest absolute Gasteiger partial charge is 0.166 e. The Bertz CT molecular complexity index is 579. The van der Waals surface area contributed by atoms with Crippen LogP contribution in [0.4, 0.5) is 4.39 Å². The van der Waals surface area contributed by atoms with Crippen molar-refractivity contribution in [2.75, 3.05) is 6.61 Å². The first-order valence-electron chi connectivity index (χ1n) is 6.31. The summed E-state index contributed by atoms with van der Waals surface area (Å²) in [4.78, 5) is 11.8. The number of hydrogen-bond acceptors (Lipinski definition) is 3. The molecule has 0 saturated heterocycles. The molecule has 2 aromatic rings. The van der Waals surface area contributed by atoms with Crippen LogP contribution in [0, 0.1) is 5.82 Å². The van der Waals surface area contributed by atoms with Crippen molar-refractivity contribution >= 4 is 5.78 Å². The zero-order valence-corrected chi connectivity index (χ0v) is 10.9. The van der Waals surface area contributed by atoms with Gasteiger partial charge in [-0.15, -0.1) is 0 Å². The Kier molecular flexibility index (Phi) is 4.85. The van der Waals surface area contributed by atoms with Gasteiger partial charge in [0.25, 0.3) is 0 Å². The molecule has 2 aromatic carbocycles. The molecule has 0 amide bonds. The number of ketones is 1. The predicted octanol–water partition coefficient (Wildman–Crippen LogP) is 2.97. The van der Waals surface area contributed by atoms with Crippen LogP contribution < -0.4 is 4.74 Å². The largest absolute Gasteiger partial charge is 0.493 e. The molecule has 0 radical (unpaired) electrons. The van der Waals surface area contributed by atoms with Crippen LogP contribution in [0.5, 0.6) is 5.75 Å². The normalized spacial score (nSPS) is 10.3. The summed E-state index contributed by atoms with van der Waals surface area (Å²) in [6.45, 7) is 0.106. The summed E-state index contributed by atoms with van der Waals surface area (Å²) < 4.78 is 18.2. The first-order valence-corrected chi connectivity index (χ1v) is 6.31. The lowest BCUT2D eigenvalue weighted by Crippen LogP contribution is -2.07. The molecule has 0 aliphatic rings. The molecule has 0 fully saturated rings. The fourth-order valence-corrected chi connectivity index (χ4v) is 1.81. The molecule has 20 heavy (non-hydrogen) atoms. The predicted molar refractivity (Wildman–Crippen MR) is 73.2 cm³/mol. The third-order valence-electron chi connectivity index (χ3n) is 2.90. The molecule has 0 aliphatic carbocycles. The summed E-state index contributed by atoms with van der Waals surface area (Å²) in [5, 5.41) is 9.15. The summed E-state index contributed by atoms with van der Waals surface area (Å²) in [5.74, 6) is 0.100. The van der Waals surface area contributed by atoms with E-state index in [-0.39, 0.29) is 31.2 Å². The SMILES string of the molecule is O=C(CCOc1ccccc1CO)c1ccc(F)cc1. The van der Waals surface area contributed by atoms with Crippen LogP contribution in [0.2, 0.25) is 0 Å². The number of rotatable bonds is 6. The van der Waals surface area contributed by atoms with Crippen LogP contribution in [-0.2, 0) is 6.61 Å². The molecule has 0 aliphatic heterocycles. The van der Waals surface area contributed by atoms with Crippen molar-refractivity contribution in [2.24, 2.45) is 0 Å². The van der Waals surface area contributed by atoms with Crippen LogP contribution in [0.1, 0.15) is 22.3 Å². The van der Waals surface area contributed by atoms with E-state index in [4.69, 9.17) is 9.84 Å². The van der Waals surface area contributed by atoms with E-state index in [1.165, 1.54) is 24.3 Å². The molecule has 0 aromatic heterocycles. The van der Waals surface area contributed by atoms with Crippen molar-refractivity contribution in [1.82, 2.24) is 0 Å². The molecule has 0 atom stereocenters. The van der Waals surface area contributed by atoms with Crippen LogP contribution in [-0.4, -0.2) is 17.5 Å². The van der Waals surface area contributed by atoms with Crippen LogP contribution in [0.25, 0.3) is 0 Å². The molecular weight excluding hydrogens is 259 g/mol. The van der Waals surface area contributed by atoms with Crippen molar-refractivity contribution in [3.8, 4) is 5.75 Å². The van der Waals surface area contributed by atoms with Gasteiger partial charge in [-0.05, 0) is 30.3 Å². The number of halogens is 1. The van der Waals surface area contributed by atoms with E-state index < -0.39 is 0 Å². The first-order chi connectivity index (χ1) is 9.70. The number of carbonyl (C=O) groups excluding carboxylic acids is 1. The standard InChI is InChI=1S/C16H15FO3/c17-14-7-5-12(6-8-14)15(19)9-10-20-16-4-2-1-3-13(16)11-18/h1-8,18H,9-11H2. The molecule has 0 unspecified atom stereocenters. The van der Waals surface area contributed by atoms with Crippen molar-refractivity contribution in [3.05, 3.63) is 65.5 Å². The van der Waals surface area contributed by atoms with Crippen LogP contribution >= 0.6 is 0 Å². The van der Waals surface area contributed by atoms with E-state index in [0.29, 0.717) is 16.9 Å². The molecule has 3 nitrogen and oxygen atoms in total. The molecule has 104 valence electrons. The highest BCUT2D eigenvalue weighted by Gasteiger charge is 2.07. The Morgan fingerprint density at radius 3 is 2.50 bits per heavy atom. The Labute approximate surface area is 116 Å². The molecule has 4 heteroatoms. The maximum Gasteiger partial charge on any atom is 0.166 e. The van der Waals surface area contributed by atoms with Gasteiger partial charge in [-0.2, -0.15) is 0 Å². The van der Waals surface area contributed by atoms with Gasteiger partial charge in [-0.3, -0.25) is 4.79 Å². The zero-order chi connectivity index (χ0) is 14.4. The lowest BCUT2D eigenvalue weighted by Gasteiger charge is -2.09. The van der Waals surface area contributed by atoms with Crippen molar-refractivity contribution in [3.63, 3.8) is 0 Å². The number of hydrogen-bond donors (Lipinski definition) is 1. The summed E-state index contributed by atoms with van der Waals surface area (Å²) in [6, 6.07) is 12.5. The molecule has 0 bridgehead atoms. The van der Waals surface area contributed by atoms with Gasteiger partial charge in [0.05, 0.1) is 13.2 Å². The quantitative estimate of drug-likeness (QED) is 0.824. The van der Waals surface area contributed by atoms with E-state index in [2.05, 4.69) is 0 Å². The number of benzene rings is 2. The van der Waals surface area contributed by atoms with Crippen molar-refractivity contribution in [2.45, 2.75) is 13.0 Å². The summed E-state index contributed by atoms with van der Waals surface area (Å²) in [6.07, 6.45) is 0.200. The number of carbonyl (C=O) groups is 1. The topological polar surface area (TPSA) is 46.5 Å². The maximum absolute atomic E-state index is 12.7. The van der Waals surface area contributed by atoms with Gasteiger partial charge < -0.3 is 9.84 Å². The fraction of sp³-hybridized carbons (Fsp3) is 0.188. The molecule has 0 spiro atoms. The van der Waals surface area contributed by atoms with Crippen LogP contribution in [0.3, 0.4) is 0 Å². The number of ether oxygens (including phenoxy) is 1.